The summed E-state index contributed by atoms with van der Waals surface area (Å²) in [5.41, 5.74) is 10.1. The van der Waals surface area contributed by atoms with E-state index in [2.05, 4.69) is 152 Å². The van der Waals surface area contributed by atoms with Crippen LogP contribution in [0.25, 0.3) is 0 Å². The standard InChI is InChI=1S/C28H33O3P.C21H29O2P.C11H16.C2H6/c1-7-13-21-15-12-14-20(2)26(21)27(29)22-16-8-10-18-24(22)30-32(6)31-25-19-11-9-17-23(25)28(3,4)5;1-20(2,3)16-12-8-10-14-18(16)22-24(7)23-19-15-11-9-13-17(19)21(4,5)6;1-9-7-5-6-8-10(9)11(2,3)4;1-2/h8-12,14-19H,7,13H2,1-6H3;8-15H,1-7H3;5-8H,1-4H3;1-2H3. The lowest BCUT2D eigenvalue weighted by Crippen LogP contribution is -2.14. The van der Waals surface area contributed by atoms with Gasteiger partial charge in [0.15, 0.2) is 5.78 Å². The smallest absolute Gasteiger partial charge is 0.286 e. The molecule has 0 radical (unpaired) electrons. The van der Waals surface area contributed by atoms with Crippen molar-refractivity contribution < 1.29 is 22.9 Å². The van der Waals surface area contributed by atoms with E-state index in [4.69, 9.17) is 18.1 Å². The summed E-state index contributed by atoms with van der Waals surface area (Å²) in [6.07, 6.45) is 1.86. The average Bonchev–Trinajstić information content (AvgIpc) is 3.27. The maximum absolute atomic E-state index is 13.6. The number of carbonyl (C=O) groups excluding carboxylic acids is 1. The third kappa shape index (κ3) is 17.8. The van der Waals surface area contributed by atoms with Gasteiger partial charge in [-0.25, -0.2) is 0 Å². The van der Waals surface area contributed by atoms with Gasteiger partial charge < -0.3 is 18.1 Å². The second-order valence-corrected chi connectivity index (χ2v) is 23.7. The molecule has 0 saturated heterocycles. The first-order valence-corrected chi connectivity index (χ1v) is 27.8. The Bertz CT molecular complexity index is 2460. The van der Waals surface area contributed by atoms with Gasteiger partial charge in [-0.1, -0.05) is 219 Å². The highest BCUT2D eigenvalue weighted by atomic mass is 31.2. The van der Waals surface area contributed by atoms with E-state index in [0.29, 0.717) is 11.3 Å². The summed E-state index contributed by atoms with van der Waals surface area (Å²) in [5, 5.41) is 0. The molecule has 5 nitrogen and oxygen atoms in total. The minimum atomic E-state index is -1.28. The van der Waals surface area contributed by atoms with E-state index in [-0.39, 0.29) is 27.4 Å². The van der Waals surface area contributed by atoms with Crippen molar-refractivity contribution in [2.75, 3.05) is 13.3 Å². The molecule has 0 spiro atoms. The van der Waals surface area contributed by atoms with Gasteiger partial charge >= 0.3 is 0 Å². The summed E-state index contributed by atoms with van der Waals surface area (Å²) in [6, 6.07) is 46.6. The molecular formula is C62H84O5P2. The summed E-state index contributed by atoms with van der Waals surface area (Å²) in [5.74, 6) is 3.20. The number of carbonyl (C=O) groups is 1. The van der Waals surface area contributed by atoms with Crippen LogP contribution in [0.5, 0.6) is 23.0 Å². The molecule has 6 aromatic rings. The van der Waals surface area contributed by atoms with E-state index >= 15 is 0 Å². The molecule has 0 aliphatic heterocycles. The van der Waals surface area contributed by atoms with Crippen molar-refractivity contribution in [1.29, 1.82) is 0 Å². The van der Waals surface area contributed by atoms with Crippen LogP contribution in [0.1, 0.15) is 165 Å². The zero-order chi connectivity index (χ0) is 51.7. The van der Waals surface area contributed by atoms with E-state index in [1.54, 1.807) is 0 Å². The molecule has 6 rings (SSSR count). The van der Waals surface area contributed by atoms with Crippen LogP contribution in [-0.4, -0.2) is 19.1 Å². The third-order valence-electron chi connectivity index (χ3n) is 11.2. The number of benzene rings is 6. The highest BCUT2D eigenvalue weighted by Gasteiger charge is 2.25. The lowest BCUT2D eigenvalue weighted by Gasteiger charge is -2.26. The second-order valence-electron chi connectivity index (χ2n) is 21.2. The Morgan fingerprint density at radius 3 is 1.10 bits per heavy atom. The Hall–Kier alpha value is -4.95. The Morgan fingerprint density at radius 1 is 0.420 bits per heavy atom. The Balaban J connectivity index is 0.000000298. The van der Waals surface area contributed by atoms with E-state index in [9.17, 15) is 4.79 Å². The average molecular weight is 971 g/mol. The van der Waals surface area contributed by atoms with Crippen molar-refractivity contribution in [1.82, 2.24) is 0 Å². The predicted molar refractivity (Wildman–Crippen MR) is 300 cm³/mol. The molecule has 0 aliphatic carbocycles. The molecule has 0 heterocycles. The fourth-order valence-corrected chi connectivity index (χ4v) is 9.72. The van der Waals surface area contributed by atoms with Crippen molar-refractivity contribution in [2.24, 2.45) is 0 Å². The van der Waals surface area contributed by atoms with Gasteiger partial charge in [0.25, 0.3) is 16.8 Å². The zero-order valence-corrected chi connectivity index (χ0v) is 47.4. The molecular weight excluding hydrogens is 887 g/mol. The van der Waals surface area contributed by atoms with Crippen LogP contribution >= 0.6 is 16.8 Å². The molecule has 0 N–H and O–H groups in total. The van der Waals surface area contributed by atoms with Crippen LogP contribution in [-0.2, 0) is 28.1 Å². The Morgan fingerprint density at radius 2 is 0.739 bits per heavy atom. The van der Waals surface area contributed by atoms with Gasteiger partial charge in [0.1, 0.15) is 23.0 Å². The maximum atomic E-state index is 13.6. The number of para-hydroxylation sites is 4. The third-order valence-corrected chi connectivity index (χ3v) is 13.0. The zero-order valence-electron chi connectivity index (χ0n) is 45.6. The lowest BCUT2D eigenvalue weighted by molar-refractivity contribution is 0.103. The minimum absolute atomic E-state index is 0.000594. The SMILES string of the molecule is CC.CCCc1cccc(C)c1C(=O)c1ccccc1OP(C)Oc1ccccc1C(C)(C)C.CP(Oc1ccccc1C(C)(C)C)Oc1ccccc1C(C)(C)C.Cc1ccccc1C(C)(C)C. The number of hydrogen-bond acceptors (Lipinski definition) is 5. The van der Waals surface area contributed by atoms with Gasteiger partial charge in [0.05, 0.1) is 5.56 Å². The molecule has 1 atom stereocenters. The summed E-state index contributed by atoms with van der Waals surface area (Å²) < 4.78 is 24.8. The first kappa shape index (κ1) is 58.4. The van der Waals surface area contributed by atoms with E-state index in [0.717, 1.165) is 52.3 Å². The second kappa shape index (κ2) is 26.3. The van der Waals surface area contributed by atoms with Crippen LogP contribution in [0, 0.1) is 13.8 Å². The fourth-order valence-electron chi connectivity index (χ4n) is 7.90. The quantitative estimate of drug-likeness (QED) is 0.0903. The van der Waals surface area contributed by atoms with Gasteiger partial charge in [0, 0.05) is 18.9 Å². The molecule has 0 aliphatic rings. The highest BCUT2D eigenvalue weighted by molar-refractivity contribution is 7.47. The molecule has 0 amide bonds. The van der Waals surface area contributed by atoms with E-state index < -0.39 is 16.8 Å². The van der Waals surface area contributed by atoms with Crippen LogP contribution in [0.4, 0.5) is 0 Å². The first-order valence-electron chi connectivity index (χ1n) is 24.6. The van der Waals surface area contributed by atoms with E-state index in [1.807, 2.05) is 119 Å². The molecule has 1 unspecified atom stereocenters. The molecule has 372 valence electrons. The largest absolute Gasteiger partial charge is 0.438 e. The van der Waals surface area contributed by atoms with Crippen LogP contribution < -0.4 is 18.1 Å². The van der Waals surface area contributed by atoms with Gasteiger partial charge in [0.2, 0.25) is 0 Å². The summed E-state index contributed by atoms with van der Waals surface area (Å²) in [7, 11) is -2.34. The number of ketones is 1. The van der Waals surface area contributed by atoms with Crippen LogP contribution in [0.2, 0.25) is 0 Å². The van der Waals surface area contributed by atoms with Crippen molar-refractivity contribution in [2.45, 2.75) is 152 Å². The maximum Gasteiger partial charge on any atom is 0.286 e. The highest BCUT2D eigenvalue weighted by Crippen LogP contribution is 2.45. The Labute approximate surface area is 421 Å². The van der Waals surface area contributed by atoms with Gasteiger partial charge in [-0.15, -0.1) is 0 Å². The van der Waals surface area contributed by atoms with Gasteiger partial charge in [-0.05, 0) is 111 Å². The number of hydrogen-bond donors (Lipinski definition) is 0. The van der Waals surface area contributed by atoms with Crippen LogP contribution in [0.3, 0.4) is 0 Å². The molecule has 6 aromatic carbocycles. The molecule has 0 saturated carbocycles. The van der Waals surface area contributed by atoms with Crippen molar-refractivity contribution in [3.05, 3.63) is 190 Å². The molecule has 0 fully saturated rings. The van der Waals surface area contributed by atoms with Crippen molar-refractivity contribution in [3.8, 4) is 23.0 Å². The number of rotatable bonds is 12. The summed E-state index contributed by atoms with van der Waals surface area (Å²) >= 11 is 0. The summed E-state index contributed by atoms with van der Waals surface area (Å²) in [4.78, 5) is 13.6. The Kier molecular flexibility index (Phi) is 22.3. The van der Waals surface area contributed by atoms with Crippen molar-refractivity contribution >= 4 is 22.5 Å². The molecule has 0 bridgehead atoms. The number of aryl methyl sites for hydroxylation is 3. The monoisotopic (exact) mass is 971 g/mol. The summed E-state index contributed by atoms with van der Waals surface area (Å²) in [6.45, 7) is 40.6. The van der Waals surface area contributed by atoms with E-state index in [1.165, 1.54) is 22.3 Å². The van der Waals surface area contributed by atoms with Gasteiger partial charge in [-0.3, -0.25) is 4.79 Å². The van der Waals surface area contributed by atoms with Crippen molar-refractivity contribution in [3.63, 3.8) is 0 Å². The first-order chi connectivity index (χ1) is 32.3. The van der Waals surface area contributed by atoms with Gasteiger partial charge in [-0.2, -0.15) is 0 Å². The van der Waals surface area contributed by atoms with Crippen LogP contribution in [0.15, 0.2) is 140 Å². The minimum Gasteiger partial charge on any atom is -0.438 e. The normalized spacial score (nSPS) is 11.9. The molecule has 0 aromatic heterocycles. The molecule has 7 heteroatoms. The lowest BCUT2D eigenvalue weighted by atomic mass is 9.84. The fraction of sp³-hybridized carbons (Fsp3) is 0.403. The predicted octanol–water partition coefficient (Wildman–Crippen LogP) is 18.9. The topological polar surface area (TPSA) is 54.0 Å². The molecule has 69 heavy (non-hydrogen) atoms.